The maximum Gasteiger partial charge on any atom is 0.326 e. The predicted molar refractivity (Wildman–Crippen MR) is 101 cm³/mol. The number of para-hydroxylation sites is 1. The van der Waals surface area contributed by atoms with Gasteiger partial charge < -0.3 is 15.8 Å². The van der Waals surface area contributed by atoms with Gasteiger partial charge in [-0.25, -0.2) is 4.79 Å². The van der Waals surface area contributed by atoms with Crippen molar-refractivity contribution < 1.29 is 13.9 Å². The highest BCUT2D eigenvalue weighted by atomic mass is 31.0. The average Bonchev–Trinajstić information content (AvgIpc) is 2.54. The molecule has 0 saturated carbocycles. The number of nitrogens with two attached hydrogens (primary N) is 1. The molecule has 0 saturated heterocycles. The summed E-state index contributed by atoms with van der Waals surface area (Å²) in [5.74, 6) is 0.378. The SMILES string of the molecule is CC(F)(P)Oc1ccc(NC(=O)N2CC(N)Cc3ccccc32)cc1. The summed E-state index contributed by atoms with van der Waals surface area (Å²) >= 11 is 0. The lowest BCUT2D eigenvalue weighted by molar-refractivity contribution is 0.0473. The molecule has 25 heavy (non-hydrogen) atoms. The number of fused-ring (bicyclic) bond motifs is 1. The number of rotatable bonds is 3. The van der Waals surface area contributed by atoms with Gasteiger partial charge in [-0.05, 0) is 42.3 Å². The number of hydrogen-bond acceptors (Lipinski definition) is 3. The summed E-state index contributed by atoms with van der Waals surface area (Å²) in [5.41, 5.74) is 6.77. The van der Waals surface area contributed by atoms with Gasteiger partial charge in [0.1, 0.15) is 5.75 Å². The van der Waals surface area contributed by atoms with E-state index in [-0.39, 0.29) is 12.1 Å². The fourth-order valence-electron chi connectivity index (χ4n) is 2.85. The van der Waals surface area contributed by atoms with Crippen molar-refractivity contribution in [2.75, 3.05) is 16.8 Å². The van der Waals surface area contributed by atoms with E-state index in [4.69, 9.17) is 10.5 Å². The fraction of sp³-hybridized carbons (Fsp3) is 0.278. The minimum absolute atomic E-state index is 0.0966. The van der Waals surface area contributed by atoms with E-state index in [1.165, 1.54) is 6.92 Å². The summed E-state index contributed by atoms with van der Waals surface area (Å²) in [5, 5.41) is 2.84. The summed E-state index contributed by atoms with van der Waals surface area (Å²) in [6.45, 7) is 1.75. The Hall–Kier alpha value is -2.17. The van der Waals surface area contributed by atoms with Crippen LogP contribution in [0, 0.1) is 0 Å². The van der Waals surface area contributed by atoms with Crippen molar-refractivity contribution >= 4 is 26.6 Å². The standard InChI is InChI=1S/C18H21FN3O2P/c1-18(19,25)24-15-8-6-14(7-9-15)21-17(23)22-11-13(20)10-12-4-2-3-5-16(12)22/h2-9,13H,10-11,20,25H2,1H3,(H,21,23). The van der Waals surface area contributed by atoms with Crippen LogP contribution in [0.4, 0.5) is 20.6 Å². The molecule has 3 N–H and O–H groups in total. The van der Waals surface area contributed by atoms with Gasteiger partial charge in [0.15, 0.2) is 0 Å². The van der Waals surface area contributed by atoms with E-state index >= 15 is 0 Å². The Balaban J connectivity index is 1.72. The van der Waals surface area contributed by atoms with Crippen LogP contribution in [-0.4, -0.2) is 24.2 Å². The van der Waals surface area contributed by atoms with Crippen LogP contribution in [0.5, 0.6) is 5.75 Å². The molecule has 0 radical (unpaired) electrons. The van der Waals surface area contributed by atoms with Gasteiger partial charge in [0.05, 0.1) is 0 Å². The second-order valence-electron chi connectivity index (χ2n) is 6.25. The maximum absolute atomic E-state index is 13.5. The highest BCUT2D eigenvalue weighted by Gasteiger charge is 2.26. The lowest BCUT2D eigenvalue weighted by atomic mass is 9.99. The van der Waals surface area contributed by atoms with Crippen LogP contribution < -0.4 is 20.7 Å². The first kappa shape index (κ1) is 17.6. The highest BCUT2D eigenvalue weighted by molar-refractivity contribution is 7.18. The molecule has 2 aromatic rings. The van der Waals surface area contributed by atoms with Gasteiger partial charge >= 0.3 is 6.03 Å². The number of urea groups is 1. The average molecular weight is 361 g/mol. The normalized spacial score (nSPS) is 18.9. The van der Waals surface area contributed by atoms with E-state index in [1.54, 1.807) is 29.2 Å². The van der Waals surface area contributed by atoms with Crippen LogP contribution in [-0.2, 0) is 6.42 Å². The Morgan fingerprint density at radius 1 is 1.32 bits per heavy atom. The van der Waals surface area contributed by atoms with Crippen LogP contribution in [0.3, 0.4) is 0 Å². The van der Waals surface area contributed by atoms with E-state index in [9.17, 15) is 9.18 Å². The topological polar surface area (TPSA) is 67.6 Å². The molecule has 132 valence electrons. The van der Waals surface area contributed by atoms with E-state index < -0.39 is 5.60 Å². The molecule has 3 unspecified atom stereocenters. The second-order valence-corrected chi connectivity index (χ2v) is 7.28. The van der Waals surface area contributed by atoms with Crippen LogP contribution in [0.25, 0.3) is 0 Å². The van der Waals surface area contributed by atoms with Gasteiger partial charge in [-0.2, -0.15) is 4.39 Å². The minimum atomic E-state index is -1.83. The first-order valence-corrected chi connectivity index (χ1v) is 8.58. The molecule has 1 aliphatic rings. The number of nitrogens with zero attached hydrogens (tertiary/aromatic N) is 1. The number of anilines is 2. The Morgan fingerprint density at radius 2 is 2.00 bits per heavy atom. The van der Waals surface area contributed by atoms with E-state index in [2.05, 4.69) is 5.32 Å². The van der Waals surface area contributed by atoms with Crippen LogP contribution in [0.1, 0.15) is 12.5 Å². The molecule has 0 spiro atoms. The summed E-state index contributed by atoms with van der Waals surface area (Å²) in [6.07, 6.45) is 0.753. The van der Waals surface area contributed by atoms with Gasteiger partial charge in [-0.15, -0.1) is 0 Å². The van der Waals surface area contributed by atoms with Gasteiger partial charge in [-0.1, -0.05) is 27.4 Å². The highest BCUT2D eigenvalue weighted by Crippen LogP contribution is 2.28. The number of hydrogen-bond donors (Lipinski definition) is 2. The third-order valence-electron chi connectivity index (χ3n) is 3.85. The second kappa shape index (κ2) is 6.98. The Kier molecular flexibility index (Phi) is 4.93. The summed E-state index contributed by atoms with van der Waals surface area (Å²) in [4.78, 5) is 14.3. The van der Waals surface area contributed by atoms with Gasteiger partial charge in [0.2, 0.25) is 0 Å². The molecule has 3 rings (SSSR count). The quantitative estimate of drug-likeness (QED) is 0.822. The summed E-state index contributed by atoms with van der Waals surface area (Å²) in [7, 11) is 1.97. The summed E-state index contributed by atoms with van der Waals surface area (Å²) < 4.78 is 18.6. The maximum atomic E-state index is 13.5. The van der Waals surface area contributed by atoms with Crippen molar-refractivity contribution in [2.45, 2.75) is 25.0 Å². The molecule has 3 atom stereocenters. The first-order valence-electron chi connectivity index (χ1n) is 8.01. The van der Waals surface area contributed by atoms with Crippen LogP contribution >= 0.6 is 9.24 Å². The van der Waals surface area contributed by atoms with E-state index in [0.29, 0.717) is 18.0 Å². The Labute approximate surface area is 148 Å². The molecule has 2 amide bonds. The van der Waals surface area contributed by atoms with Crippen molar-refractivity contribution in [3.8, 4) is 5.75 Å². The third kappa shape index (κ3) is 4.47. The molecule has 2 aromatic carbocycles. The largest absolute Gasteiger partial charge is 0.455 e. The number of carbonyl (C=O) groups is 1. The molecular formula is C18H21FN3O2P. The Bertz CT molecular complexity index is 762. The Morgan fingerprint density at radius 3 is 2.68 bits per heavy atom. The molecule has 1 heterocycles. The fourth-order valence-corrected chi connectivity index (χ4v) is 2.98. The van der Waals surface area contributed by atoms with E-state index in [0.717, 1.165) is 17.7 Å². The molecule has 0 aromatic heterocycles. The summed E-state index contributed by atoms with van der Waals surface area (Å²) in [6, 6.07) is 13.9. The first-order chi connectivity index (χ1) is 11.8. The molecular weight excluding hydrogens is 340 g/mol. The van der Waals surface area contributed by atoms with Gasteiger partial charge in [0, 0.05) is 30.9 Å². The molecule has 0 aliphatic carbocycles. The van der Waals surface area contributed by atoms with Gasteiger partial charge in [-0.3, -0.25) is 4.90 Å². The lowest BCUT2D eigenvalue weighted by Gasteiger charge is -2.33. The van der Waals surface area contributed by atoms with Gasteiger partial charge in [0.25, 0.3) is 5.60 Å². The zero-order valence-electron chi connectivity index (χ0n) is 13.9. The number of carbonyl (C=O) groups excluding carboxylic acids is 1. The number of alkyl halides is 1. The molecule has 7 heteroatoms. The van der Waals surface area contributed by atoms with Crippen LogP contribution in [0.2, 0.25) is 0 Å². The monoisotopic (exact) mass is 361 g/mol. The predicted octanol–water partition coefficient (Wildman–Crippen LogP) is 3.51. The van der Waals surface area contributed by atoms with Crippen molar-refractivity contribution in [1.82, 2.24) is 0 Å². The zero-order chi connectivity index (χ0) is 18.0. The zero-order valence-corrected chi connectivity index (χ0v) is 15.1. The van der Waals surface area contributed by atoms with Crippen molar-refractivity contribution in [3.05, 3.63) is 54.1 Å². The smallest absolute Gasteiger partial charge is 0.326 e. The molecule has 1 aliphatic heterocycles. The number of nitrogens with one attached hydrogen (secondary N) is 1. The van der Waals surface area contributed by atoms with Crippen molar-refractivity contribution in [3.63, 3.8) is 0 Å². The number of amides is 2. The number of halogens is 1. The minimum Gasteiger partial charge on any atom is -0.455 e. The van der Waals surface area contributed by atoms with Crippen molar-refractivity contribution in [2.24, 2.45) is 5.73 Å². The number of benzene rings is 2. The van der Waals surface area contributed by atoms with Crippen LogP contribution in [0.15, 0.2) is 48.5 Å². The molecule has 0 bridgehead atoms. The van der Waals surface area contributed by atoms with E-state index in [1.807, 2.05) is 33.5 Å². The van der Waals surface area contributed by atoms with Crippen molar-refractivity contribution in [1.29, 1.82) is 0 Å². The molecule has 5 nitrogen and oxygen atoms in total. The molecule has 0 fully saturated rings. The lowest BCUT2D eigenvalue weighted by Crippen LogP contribution is -2.47. The number of ether oxygens (including phenoxy) is 1. The third-order valence-corrected chi connectivity index (χ3v) is 3.97.